The molecule has 0 spiro atoms. The Morgan fingerprint density at radius 2 is 1.73 bits per heavy atom. The van der Waals surface area contributed by atoms with Gasteiger partial charge in [-0.25, -0.2) is 0 Å². The van der Waals surface area contributed by atoms with E-state index in [1.165, 1.54) is 0 Å². The van der Waals surface area contributed by atoms with Gasteiger partial charge >= 0.3 is 0 Å². The molecule has 0 heterocycles. The van der Waals surface area contributed by atoms with E-state index >= 15 is 0 Å². The summed E-state index contributed by atoms with van der Waals surface area (Å²) >= 11 is 0. The number of rotatable bonds is 3. The molecule has 0 fully saturated rings. The van der Waals surface area contributed by atoms with E-state index in [-0.39, 0.29) is 25.1 Å². The molecule has 0 bridgehead atoms. The minimum absolute atomic E-state index is 0. The maximum absolute atomic E-state index is 9.55. The number of aryl methyl sites for hydroxylation is 2. The number of aliphatic hydroxyl groups excluding tert-OH is 1. The molecule has 0 unspecified atom stereocenters. The zero-order chi connectivity index (χ0) is 10.7. The fourth-order valence-corrected chi connectivity index (χ4v) is 1.51. The van der Waals surface area contributed by atoms with Crippen molar-refractivity contribution in [3.63, 3.8) is 0 Å². The van der Waals surface area contributed by atoms with Gasteiger partial charge < -0.3 is 15.9 Å². The van der Waals surface area contributed by atoms with Crippen LogP contribution in [0.15, 0.2) is 12.1 Å². The molecule has 1 atom stereocenters. The van der Waals surface area contributed by atoms with Crippen LogP contribution in [0.5, 0.6) is 5.75 Å². The molecule has 3 nitrogen and oxygen atoms in total. The van der Waals surface area contributed by atoms with Crippen LogP contribution in [-0.2, 0) is 0 Å². The van der Waals surface area contributed by atoms with E-state index in [4.69, 9.17) is 10.8 Å². The standard InChI is InChI=1S/C11H17NO2.ClH/c1-7-5-9(10(12)3-4-13)6-8(2)11(7)14;/h5-6,10,13-14H,3-4,12H2,1-2H3;1H/t10-;/m0./s1. The summed E-state index contributed by atoms with van der Waals surface area (Å²) in [5.41, 5.74) is 8.47. The van der Waals surface area contributed by atoms with Crippen molar-refractivity contribution in [2.75, 3.05) is 6.61 Å². The lowest BCUT2D eigenvalue weighted by atomic mass is 9.99. The van der Waals surface area contributed by atoms with Crippen LogP contribution in [0.1, 0.15) is 29.2 Å². The van der Waals surface area contributed by atoms with Crippen molar-refractivity contribution in [1.29, 1.82) is 0 Å². The molecule has 0 amide bonds. The lowest BCUT2D eigenvalue weighted by Gasteiger charge is -2.13. The molecule has 1 rings (SSSR count). The van der Waals surface area contributed by atoms with E-state index < -0.39 is 0 Å². The molecule has 4 N–H and O–H groups in total. The van der Waals surface area contributed by atoms with Crippen molar-refractivity contribution in [2.45, 2.75) is 26.3 Å². The predicted molar refractivity (Wildman–Crippen MR) is 63.5 cm³/mol. The van der Waals surface area contributed by atoms with Gasteiger partial charge in [0, 0.05) is 12.6 Å². The molecule has 0 saturated carbocycles. The number of hydrogen-bond donors (Lipinski definition) is 3. The lowest BCUT2D eigenvalue weighted by Crippen LogP contribution is -2.12. The van der Waals surface area contributed by atoms with Crippen molar-refractivity contribution < 1.29 is 10.2 Å². The quantitative estimate of drug-likeness (QED) is 0.744. The minimum Gasteiger partial charge on any atom is -0.507 e. The molecule has 4 heteroatoms. The second kappa shape index (κ2) is 5.95. The van der Waals surface area contributed by atoms with E-state index in [0.29, 0.717) is 12.2 Å². The number of halogens is 1. The Bertz CT molecular complexity index is 305. The maximum Gasteiger partial charge on any atom is 0.121 e. The van der Waals surface area contributed by atoms with Gasteiger partial charge in [0.1, 0.15) is 5.75 Å². The van der Waals surface area contributed by atoms with E-state index in [2.05, 4.69) is 0 Å². The van der Waals surface area contributed by atoms with Crippen molar-refractivity contribution in [1.82, 2.24) is 0 Å². The Labute approximate surface area is 96.3 Å². The third kappa shape index (κ3) is 3.38. The van der Waals surface area contributed by atoms with Crippen molar-refractivity contribution in [2.24, 2.45) is 5.73 Å². The van der Waals surface area contributed by atoms with Crippen molar-refractivity contribution >= 4 is 12.4 Å². The highest BCUT2D eigenvalue weighted by molar-refractivity contribution is 5.85. The van der Waals surface area contributed by atoms with Crippen LogP contribution < -0.4 is 5.73 Å². The van der Waals surface area contributed by atoms with E-state index in [1.54, 1.807) is 0 Å². The molecular weight excluding hydrogens is 214 g/mol. The predicted octanol–water partition coefficient (Wildman–Crippen LogP) is 1.81. The number of hydrogen-bond acceptors (Lipinski definition) is 3. The second-order valence-corrected chi connectivity index (χ2v) is 3.62. The molecule has 0 aromatic heterocycles. The summed E-state index contributed by atoms with van der Waals surface area (Å²) in [5.74, 6) is 0.324. The third-order valence-corrected chi connectivity index (χ3v) is 2.38. The summed E-state index contributed by atoms with van der Waals surface area (Å²) in [6.45, 7) is 3.77. The molecule has 0 radical (unpaired) electrons. The summed E-state index contributed by atoms with van der Waals surface area (Å²) in [6.07, 6.45) is 0.545. The van der Waals surface area contributed by atoms with E-state index in [1.807, 2.05) is 26.0 Å². The first-order valence-corrected chi connectivity index (χ1v) is 4.72. The van der Waals surface area contributed by atoms with Gasteiger partial charge in [-0.15, -0.1) is 12.4 Å². The lowest BCUT2D eigenvalue weighted by molar-refractivity contribution is 0.276. The fourth-order valence-electron chi connectivity index (χ4n) is 1.51. The summed E-state index contributed by atoms with van der Waals surface area (Å²) in [6, 6.07) is 3.57. The fraction of sp³-hybridized carbons (Fsp3) is 0.455. The molecule has 0 aliphatic heterocycles. The van der Waals surface area contributed by atoms with Crippen LogP contribution in [0.25, 0.3) is 0 Å². The Hall–Kier alpha value is -0.770. The summed E-state index contributed by atoms with van der Waals surface area (Å²) in [4.78, 5) is 0. The zero-order valence-corrected chi connectivity index (χ0v) is 9.84. The number of benzene rings is 1. The van der Waals surface area contributed by atoms with E-state index in [9.17, 15) is 5.11 Å². The Kier molecular flexibility index (Phi) is 5.65. The van der Waals surface area contributed by atoms with Crippen LogP contribution in [-0.4, -0.2) is 16.8 Å². The molecule has 0 saturated heterocycles. The summed E-state index contributed by atoms with van der Waals surface area (Å²) < 4.78 is 0. The first kappa shape index (κ1) is 14.2. The van der Waals surface area contributed by atoms with Gasteiger partial charge in [0.15, 0.2) is 0 Å². The number of aromatic hydroxyl groups is 1. The molecule has 15 heavy (non-hydrogen) atoms. The smallest absolute Gasteiger partial charge is 0.121 e. The van der Waals surface area contributed by atoms with Gasteiger partial charge in [0.25, 0.3) is 0 Å². The number of aliphatic hydroxyl groups is 1. The summed E-state index contributed by atoms with van der Waals surface area (Å²) in [5, 5.41) is 18.3. The SMILES string of the molecule is Cc1cc([C@@H](N)CCO)cc(C)c1O.Cl. The maximum atomic E-state index is 9.55. The van der Waals surface area contributed by atoms with Gasteiger partial charge in [-0.1, -0.05) is 12.1 Å². The first-order valence-electron chi connectivity index (χ1n) is 4.72. The monoisotopic (exact) mass is 231 g/mol. The number of phenols is 1. The van der Waals surface area contributed by atoms with Crippen LogP contribution in [0, 0.1) is 13.8 Å². The zero-order valence-electron chi connectivity index (χ0n) is 9.03. The number of phenolic OH excluding ortho intramolecular Hbond substituents is 1. The molecule has 1 aromatic carbocycles. The minimum atomic E-state index is -0.155. The van der Waals surface area contributed by atoms with Crippen molar-refractivity contribution in [3.8, 4) is 5.75 Å². The largest absolute Gasteiger partial charge is 0.507 e. The van der Waals surface area contributed by atoms with Gasteiger partial charge in [-0.2, -0.15) is 0 Å². The molecule has 0 aliphatic rings. The van der Waals surface area contributed by atoms with Gasteiger partial charge in [-0.3, -0.25) is 0 Å². The highest BCUT2D eigenvalue weighted by atomic mass is 35.5. The van der Waals surface area contributed by atoms with Crippen LogP contribution in [0.4, 0.5) is 0 Å². The average molecular weight is 232 g/mol. The normalized spacial score (nSPS) is 12.0. The highest BCUT2D eigenvalue weighted by Gasteiger charge is 2.09. The number of nitrogens with two attached hydrogens (primary N) is 1. The van der Waals surface area contributed by atoms with Crippen molar-refractivity contribution in [3.05, 3.63) is 28.8 Å². The van der Waals surface area contributed by atoms with Crippen LogP contribution in [0.2, 0.25) is 0 Å². The summed E-state index contributed by atoms with van der Waals surface area (Å²) in [7, 11) is 0. The van der Waals surface area contributed by atoms with Gasteiger partial charge in [0.05, 0.1) is 0 Å². The topological polar surface area (TPSA) is 66.5 Å². The molecular formula is C11H18ClNO2. The van der Waals surface area contributed by atoms with Gasteiger partial charge in [-0.05, 0) is 37.0 Å². The second-order valence-electron chi connectivity index (χ2n) is 3.62. The van der Waals surface area contributed by atoms with Gasteiger partial charge in [0.2, 0.25) is 0 Å². The highest BCUT2D eigenvalue weighted by Crippen LogP contribution is 2.26. The first-order chi connectivity index (χ1) is 6.56. The third-order valence-electron chi connectivity index (χ3n) is 2.38. The van der Waals surface area contributed by atoms with E-state index in [0.717, 1.165) is 16.7 Å². The van der Waals surface area contributed by atoms with Crippen LogP contribution >= 0.6 is 12.4 Å². The average Bonchev–Trinajstić information content (AvgIpc) is 2.13. The Morgan fingerprint density at radius 1 is 1.27 bits per heavy atom. The van der Waals surface area contributed by atoms with Crippen LogP contribution in [0.3, 0.4) is 0 Å². The Balaban J connectivity index is 0.00000196. The molecule has 0 aliphatic carbocycles. The molecule has 86 valence electrons. The molecule has 1 aromatic rings. The Morgan fingerprint density at radius 3 is 2.13 bits per heavy atom.